The number of carbonyl (C=O) groups excluding carboxylic acids is 1. The van der Waals surface area contributed by atoms with Gasteiger partial charge in [0.2, 0.25) is 5.91 Å². The minimum atomic E-state index is -0.992. The molecule has 1 heterocycles. The minimum Gasteiger partial charge on any atom is -0.481 e. The lowest BCUT2D eigenvalue weighted by atomic mass is 9.88. The Bertz CT molecular complexity index is 531. The van der Waals surface area contributed by atoms with E-state index in [1.807, 2.05) is 0 Å². The van der Waals surface area contributed by atoms with Gasteiger partial charge in [0.15, 0.2) is 0 Å². The van der Waals surface area contributed by atoms with Gasteiger partial charge in [-0.25, -0.2) is 4.39 Å². The van der Waals surface area contributed by atoms with Gasteiger partial charge in [-0.3, -0.25) is 9.59 Å². The molecule has 6 heteroatoms. The highest BCUT2D eigenvalue weighted by Gasteiger charge is 2.30. The number of carboxylic acids is 1. The normalized spacial score (nSPS) is 21.6. The summed E-state index contributed by atoms with van der Waals surface area (Å²) in [5.41, 5.74) is 0.908. The first-order valence-electron chi connectivity index (χ1n) is 7.38. The highest BCUT2D eigenvalue weighted by atomic mass is 19.1. The second kappa shape index (κ2) is 7.35. The molecule has 1 fully saturated rings. The van der Waals surface area contributed by atoms with E-state index in [4.69, 9.17) is 5.11 Å². The molecule has 0 radical (unpaired) electrons. The molecule has 0 unspecified atom stereocenters. The van der Waals surface area contributed by atoms with Crippen molar-refractivity contribution in [2.24, 2.45) is 5.92 Å². The van der Waals surface area contributed by atoms with Gasteiger partial charge in [0.1, 0.15) is 5.82 Å². The van der Waals surface area contributed by atoms with Crippen LogP contribution in [-0.2, 0) is 16.0 Å². The van der Waals surface area contributed by atoms with Crippen LogP contribution in [0.15, 0.2) is 24.3 Å². The Balaban J connectivity index is 1.94. The van der Waals surface area contributed by atoms with Crippen LogP contribution in [0.2, 0.25) is 0 Å². The fourth-order valence-corrected chi connectivity index (χ4v) is 2.74. The molecule has 0 spiro atoms. The SMILES string of the molecule is O=C(O)CCC(=O)N1CC[C@@H](O)[C@H](Cc2ccc(F)cc2)C1. The molecule has 0 saturated carbocycles. The summed E-state index contributed by atoms with van der Waals surface area (Å²) in [6.45, 7) is 0.844. The van der Waals surface area contributed by atoms with Gasteiger partial charge in [-0.1, -0.05) is 12.1 Å². The third-order valence-corrected chi connectivity index (χ3v) is 4.01. The molecule has 1 aliphatic heterocycles. The lowest BCUT2D eigenvalue weighted by Crippen LogP contribution is -2.46. The summed E-state index contributed by atoms with van der Waals surface area (Å²) in [4.78, 5) is 24.1. The molecule has 0 aromatic heterocycles. The maximum Gasteiger partial charge on any atom is 0.303 e. The van der Waals surface area contributed by atoms with E-state index < -0.39 is 12.1 Å². The molecule has 0 aliphatic carbocycles. The summed E-state index contributed by atoms with van der Waals surface area (Å²) in [6.07, 6.45) is 0.331. The van der Waals surface area contributed by atoms with Crippen molar-refractivity contribution in [2.45, 2.75) is 31.8 Å². The monoisotopic (exact) mass is 309 g/mol. The van der Waals surface area contributed by atoms with Gasteiger partial charge in [-0.15, -0.1) is 0 Å². The van der Waals surface area contributed by atoms with E-state index in [0.29, 0.717) is 25.9 Å². The predicted octanol–water partition coefficient (Wildman–Crippen LogP) is 1.44. The Hall–Kier alpha value is -1.95. The van der Waals surface area contributed by atoms with Crippen LogP contribution in [0.1, 0.15) is 24.8 Å². The van der Waals surface area contributed by atoms with E-state index in [0.717, 1.165) is 5.56 Å². The van der Waals surface area contributed by atoms with Crippen LogP contribution in [0, 0.1) is 11.7 Å². The summed E-state index contributed by atoms with van der Waals surface area (Å²) in [6, 6.07) is 6.10. The molecular formula is C16H20FNO4. The van der Waals surface area contributed by atoms with Crippen molar-refractivity contribution in [2.75, 3.05) is 13.1 Å². The van der Waals surface area contributed by atoms with E-state index in [-0.39, 0.29) is 30.5 Å². The lowest BCUT2D eigenvalue weighted by Gasteiger charge is -2.36. The van der Waals surface area contributed by atoms with Crippen LogP contribution in [0.3, 0.4) is 0 Å². The van der Waals surface area contributed by atoms with Crippen molar-refractivity contribution in [1.82, 2.24) is 4.90 Å². The third kappa shape index (κ3) is 4.53. The molecule has 2 N–H and O–H groups in total. The van der Waals surface area contributed by atoms with Crippen molar-refractivity contribution in [3.8, 4) is 0 Å². The van der Waals surface area contributed by atoms with Crippen molar-refractivity contribution >= 4 is 11.9 Å². The number of hydrogen-bond donors (Lipinski definition) is 2. The second-order valence-corrected chi connectivity index (χ2v) is 5.68. The number of aliphatic carboxylic acids is 1. The first-order valence-corrected chi connectivity index (χ1v) is 7.38. The van der Waals surface area contributed by atoms with Gasteiger partial charge in [-0.2, -0.15) is 0 Å². The number of amides is 1. The van der Waals surface area contributed by atoms with Gasteiger partial charge in [0, 0.05) is 25.4 Å². The number of carbonyl (C=O) groups is 2. The molecular weight excluding hydrogens is 289 g/mol. The van der Waals surface area contributed by atoms with E-state index in [1.165, 1.54) is 12.1 Å². The number of rotatable bonds is 5. The van der Waals surface area contributed by atoms with Crippen molar-refractivity contribution in [3.63, 3.8) is 0 Å². The van der Waals surface area contributed by atoms with Gasteiger partial charge < -0.3 is 15.1 Å². The van der Waals surface area contributed by atoms with Crippen molar-refractivity contribution < 1.29 is 24.2 Å². The molecule has 120 valence electrons. The van der Waals surface area contributed by atoms with Crippen LogP contribution in [-0.4, -0.2) is 46.2 Å². The van der Waals surface area contributed by atoms with Crippen LogP contribution in [0.25, 0.3) is 0 Å². The second-order valence-electron chi connectivity index (χ2n) is 5.68. The minimum absolute atomic E-state index is 0.0192. The van der Waals surface area contributed by atoms with Crippen molar-refractivity contribution in [3.05, 3.63) is 35.6 Å². The lowest BCUT2D eigenvalue weighted by molar-refractivity contribution is -0.142. The molecule has 2 rings (SSSR count). The summed E-state index contributed by atoms with van der Waals surface area (Å²) in [5.74, 6) is -1.61. The highest BCUT2D eigenvalue weighted by Crippen LogP contribution is 2.22. The molecule has 22 heavy (non-hydrogen) atoms. The van der Waals surface area contributed by atoms with E-state index >= 15 is 0 Å². The maximum atomic E-state index is 12.9. The number of nitrogens with zero attached hydrogens (tertiary/aromatic N) is 1. The number of benzene rings is 1. The van der Waals surface area contributed by atoms with E-state index in [9.17, 15) is 19.1 Å². The average Bonchev–Trinajstić information content (AvgIpc) is 2.49. The molecule has 5 nitrogen and oxygen atoms in total. The largest absolute Gasteiger partial charge is 0.481 e. The molecule has 2 atom stereocenters. The number of hydrogen-bond acceptors (Lipinski definition) is 3. The standard InChI is InChI=1S/C16H20FNO4/c17-13-3-1-11(2-4-13)9-12-10-18(8-7-14(12)19)15(20)5-6-16(21)22/h1-4,12,14,19H,5-10H2,(H,21,22)/t12-,14-/m1/s1. The zero-order chi connectivity index (χ0) is 16.1. The fourth-order valence-electron chi connectivity index (χ4n) is 2.74. The molecule has 1 amide bonds. The first-order chi connectivity index (χ1) is 10.5. The summed E-state index contributed by atoms with van der Waals surface area (Å²) in [7, 11) is 0. The zero-order valence-electron chi connectivity index (χ0n) is 12.2. The van der Waals surface area contributed by atoms with Gasteiger partial charge >= 0.3 is 5.97 Å². The van der Waals surface area contributed by atoms with Gasteiger partial charge in [0.05, 0.1) is 12.5 Å². The molecule has 1 aliphatic rings. The number of aliphatic hydroxyl groups excluding tert-OH is 1. The molecule has 1 saturated heterocycles. The Labute approximate surface area is 128 Å². The number of piperidine rings is 1. The maximum absolute atomic E-state index is 12.9. The summed E-state index contributed by atoms with van der Waals surface area (Å²) >= 11 is 0. The Morgan fingerprint density at radius 2 is 1.91 bits per heavy atom. The quantitative estimate of drug-likeness (QED) is 0.863. The average molecular weight is 309 g/mol. The number of carboxylic acid groups (broad SMARTS) is 1. The summed E-state index contributed by atoms with van der Waals surface area (Å²) in [5, 5.41) is 18.7. The fraction of sp³-hybridized carbons (Fsp3) is 0.500. The predicted molar refractivity (Wildman–Crippen MR) is 77.7 cm³/mol. The summed E-state index contributed by atoms with van der Waals surface area (Å²) < 4.78 is 12.9. The highest BCUT2D eigenvalue weighted by molar-refractivity contribution is 5.80. The van der Waals surface area contributed by atoms with Crippen LogP contribution < -0.4 is 0 Å². The number of likely N-dealkylation sites (tertiary alicyclic amines) is 1. The van der Waals surface area contributed by atoms with Gasteiger partial charge in [-0.05, 0) is 30.5 Å². The van der Waals surface area contributed by atoms with E-state index in [2.05, 4.69) is 0 Å². The number of aliphatic hydroxyl groups is 1. The Morgan fingerprint density at radius 3 is 2.55 bits per heavy atom. The smallest absolute Gasteiger partial charge is 0.303 e. The van der Waals surface area contributed by atoms with E-state index in [1.54, 1.807) is 17.0 Å². The zero-order valence-corrected chi connectivity index (χ0v) is 12.2. The molecule has 0 bridgehead atoms. The van der Waals surface area contributed by atoms with Crippen LogP contribution >= 0.6 is 0 Å². The Kier molecular flexibility index (Phi) is 5.49. The third-order valence-electron chi connectivity index (χ3n) is 4.01. The van der Waals surface area contributed by atoms with Crippen LogP contribution in [0.4, 0.5) is 4.39 Å². The molecule has 1 aromatic carbocycles. The topological polar surface area (TPSA) is 77.8 Å². The van der Waals surface area contributed by atoms with Crippen LogP contribution in [0.5, 0.6) is 0 Å². The Morgan fingerprint density at radius 1 is 1.23 bits per heavy atom. The number of halogens is 1. The first kappa shape index (κ1) is 16.4. The van der Waals surface area contributed by atoms with Gasteiger partial charge in [0.25, 0.3) is 0 Å². The molecule has 1 aromatic rings. The van der Waals surface area contributed by atoms with Crippen molar-refractivity contribution in [1.29, 1.82) is 0 Å².